The molecule has 2 aromatic carbocycles. The Labute approximate surface area is 223 Å². The van der Waals surface area contributed by atoms with Gasteiger partial charge in [-0.15, -0.1) is 10.2 Å². The zero-order valence-corrected chi connectivity index (χ0v) is 23.0. The highest BCUT2D eigenvalue weighted by Crippen LogP contribution is 2.30. The fourth-order valence-electron chi connectivity index (χ4n) is 4.12. The highest BCUT2D eigenvalue weighted by atomic mass is 16.1. The summed E-state index contributed by atoms with van der Waals surface area (Å²) in [5.74, 6) is 1.02. The zero-order chi connectivity index (χ0) is 27.6. The van der Waals surface area contributed by atoms with Crippen LogP contribution in [0.3, 0.4) is 0 Å². The van der Waals surface area contributed by atoms with Crippen LogP contribution in [0.15, 0.2) is 71.7 Å². The van der Waals surface area contributed by atoms with E-state index in [0.717, 1.165) is 22.5 Å². The molecule has 2 heterocycles. The van der Waals surface area contributed by atoms with Crippen molar-refractivity contribution in [3.63, 3.8) is 0 Å². The Morgan fingerprint density at radius 1 is 0.947 bits per heavy atom. The maximum atomic E-state index is 13.0. The molecule has 1 amide bonds. The van der Waals surface area contributed by atoms with Gasteiger partial charge in [-0.3, -0.25) is 9.59 Å². The summed E-state index contributed by atoms with van der Waals surface area (Å²) in [7, 11) is 5.48. The van der Waals surface area contributed by atoms with E-state index in [1.165, 1.54) is 10.1 Å². The van der Waals surface area contributed by atoms with Gasteiger partial charge in [0.25, 0.3) is 11.5 Å². The van der Waals surface area contributed by atoms with Crippen LogP contribution in [0.5, 0.6) is 0 Å². The summed E-state index contributed by atoms with van der Waals surface area (Å²) in [6.07, 6.45) is 1.79. The Kier molecular flexibility index (Phi) is 7.35. The quantitative estimate of drug-likeness (QED) is 0.355. The van der Waals surface area contributed by atoms with Crippen LogP contribution in [0.1, 0.15) is 42.3 Å². The Morgan fingerprint density at radius 3 is 2.26 bits per heavy atom. The number of amides is 1. The lowest BCUT2D eigenvalue weighted by atomic mass is 9.86. The number of aryl methyl sites for hydroxylation is 1. The normalized spacial score (nSPS) is 11.2. The van der Waals surface area contributed by atoms with Gasteiger partial charge >= 0.3 is 0 Å². The van der Waals surface area contributed by atoms with E-state index in [-0.39, 0.29) is 16.9 Å². The second-order valence-electron chi connectivity index (χ2n) is 10.6. The molecule has 0 unspecified atom stereocenters. The molecule has 0 saturated carbocycles. The largest absolute Gasteiger partial charge is 0.361 e. The van der Waals surface area contributed by atoms with Crippen molar-refractivity contribution < 1.29 is 4.79 Å². The number of hydrogen-bond donors (Lipinski definition) is 2. The summed E-state index contributed by atoms with van der Waals surface area (Å²) in [6, 6.07) is 18.8. The van der Waals surface area contributed by atoms with Gasteiger partial charge in [-0.1, -0.05) is 45.0 Å². The van der Waals surface area contributed by atoms with E-state index in [4.69, 9.17) is 0 Å². The molecule has 8 heteroatoms. The molecule has 0 aliphatic heterocycles. The lowest BCUT2D eigenvalue weighted by Gasteiger charge is -2.19. The van der Waals surface area contributed by atoms with Crippen LogP contribution in [-0.4, -0.2) is 34.8 Å². The summed E-state index contributed by atoms with van der Waals surface area (Å²) in [5, 5.41) is 14.5. The van der Waals surface area contributed by atoms with Crippen LogP contribution in [0, 0.1) is 6.92 Å². The van der Waals surface area contributed by atoms with Crippen molar-refractivity contribution in [2.75, 3.05) is 29.6 Å². The fraction of sp³-hybridized carbons (Fsp3) is 0.267. The first-order chi connectivity index (χ1) is 17.9. The summed E-state index contributed by atoms with van der Waals surface area (Å²) in [5.41, 5.74) is 5.31. The highest BCUT2D eigenvalue weighted by Gasteiger charge is 2.16. The molecule has 4 aromatic rings. The smallest absolute Gasteiger partial charge is 0.274 e. The van der Waals surface area contributed by atoms with Gasteiger partial charge in [0.15, 0.2) is 11.6 Å². The lowest BCUT2D eigenvalue weighted by molar-refractivity contribution is 0.102. The van der Waals surface area contributed by atoms with Crippen LogP contribution in [-0.2, 0) is 12.5 Å². The molecule has 0 radical (unpaired) electrons. The Bertz CT molecular complexity index is 1510. The molecule has 38 heavy (non-hydrogen) atoms. The van der Waals surface area contributed by atoms with Gasteiger partial charge in [0.2, 0.25) is 0 Å². The van der Waals surface area contributed by atoms with Crippen molar-refractivity contribution in [3.05, 3.63) is 93.9 Å². The summed E-state index contributed by atoms with van der Waals surface area (Å²) in [4.78, 5) is 27.7. The van der Waals surface area contributed by atoms with Crippen LogP contribution in [0.25, 0.3) is 11.1 Å². The van der Waals surface area contributed by atoms with Crippen LogP contribution in [0.2, 0.25) is 0 Å². The first kappa shape index (κ1) is 26.6. The van der Waals surface area contributed by atoms with E-state index in [0.29, 0.717) is 22.8 Å². The number of carbonyl (C=O) groups excluding carboxylic acids is 1. The molecule has 0 aliphatic rings. The minimum Gasteiger partial charge on any atom is -0.361 e. The first-order valence-corrected chi connectivity index (χ1v) is 12.4. The molecule has 0 bridgehead atoms. The van der Waals surface area contributed by atoms with E-state index in [9.17, 15) is 9.59 Å². The van der Waals surface area contributed by atoms with E-state index in [1.807, 2.05) is 74.4 Å². The van der Waals surface area contributed by atoms with Crippen molar-refractivity contribution in [1.82, 2.24) is 14.8 Å². The average molecular weight is 511 g/mol. The molecule has 0 spiro atoms. The molecule has 0 fully saturated rings. The third-order valence-electron chi connectivity index (χ3n) is 6.46. The Balaban J connectivity index is 1.61. The standard InChI is InChI=1S/C30H34N6O2/c1-19-23(9-8-10-24(19)32-28(37)20-11-13-22(14-12-20)30(2,3)4)21-17-25(29(38)36(7)18-21)31-26-15-16-27(34-33-26)35(5)6/h8-18H,1-7H3,(H,31,33)(H,32,37). The van der Waals surface area contributed by atoms with Gasteiger partial charge < -0.3 is 20.1 Å². The molecule has 0 atom stereocenters. The Morgan fingerprint density at radius 2 is 1.66 bits per heavy atom. The van der Waals surface area contributed by atoms with Gasteiger partial charge in [0.05, 0.1) is 0 Å². The molecule has 4 rings (SSSR count). The van der Waals surface area contributed by atoms with Gasteiger partial charge in [0.1, 0.15) is 5.69 Å². The van der Waals surface area contributed by atoms with E-state index >= 15 is 0 Å². The monoisotopic (exact) mass is 510 g/mol. The summed E-state index contributed by atoms with van der Waals surface area (Å²) < 4.78 is 1.53. The minimum absolute atomic E-state index is 0.0195. The van der Waals surface area contributed by atoms with E-state index in [1.54, 1.807) is 25.4 Å². The molecule has 8 nitrogen and oxygen atoms in total. The number of anilines is 4. The Hall–Kier alpha value is -4.46. The topological polar surface area (TPSA) is 92.2 Å². The molecule has 0 aliphatic carbocycles. The van der Waals surface area contributed by atoms with Gasteiger partial charge in [-0.2, -0.15) is 0 Å². The maximum Gasteiger partial charge on any atom is 0.274 e. The van der Waals surface area contributed by atoms with Crippen LogP contribution in [0.4, 0.5) is 23.0 Å². The zero-order valence-electron chi connectivity index (χ0n) is 23.0. The molecule has 196 valence electrons. The van der Waals surface area contributed by atoms with Crippen molar-refractivity contribution in [2.45, 2.75) is 33.1 Å². The SMILES string of the molecule is Cc1c(NC(=O)c2ccc(C(C)(C)C)cc2)cccc1-c1cc(Nc2ccc(N(C)C)nn2)c(=O)n(C)c1. The number of pyridine rings is 1. The molecule has 2 aromatic heterocycles. The molecular formula is C30H34N6O2. The number of nitrogens with zero attached hydrogens (tertiary/aromatic N) is 4. The predicted molar refractivity (Wildman–Crippen MR) is 155 cm³/mol. The predicted octanol–water partition coefficient (Wildman–Crippen LogP) is 5.51. The first-order valence-electron chi connectivity index (χ1n) is 12.4. The number of carbonyl (C=O) groups is 1. The third kappa shape index (κ3) is 5.75. The highest BCUT2D eigenvalue weighted by molar-refractivity contribution is 6.05. The van der Waals surface area contributed by atoms with Crippen molar-refractivity contribution >= 4 is 28.9 Å². The second-order valence-corrected chi connectivity index (χ2v) is 10.6. The van der Waals surface area contributed by atoms with Gasteiger partial charge in [-0.05, 0) is 65.4 Å². The van der Waals surface area contributed by atoms with Crippen LogP contribution >= 0.6 is 0 Å². The number of aromatic nitrogens is 3. The lowest BCUT2D eigenvalue weighted by Crippen LogP contribution is -2.20. The van der Waals surface area contributed by atoms with E-state index < -0.39 is 0 Å². The van der Waals surface area contributed by atoms with E-state index in [2.05, 4.69) is 41.6 Å². The maximum absolute atomic E-state index is 13.0. The molecule has 0 saturated heterocycles. The summed E-state index contributed by atoms with van der Waals surface area (Å²) >= 11 is 0. The fourth-order valence-corrected chi connectivity index (χ4v) is 4.12. The van der Waals surface area contributed by atoms with Crippen molar-refractivity contribution in [2.24, 2.45) is 7.05 Å². The average Bonchev–Trinajstić information content (AvgIpc) is 2.87. The van der Waals surface area contributed by atoms with Gasteiger partial charge in [-0.25, -0.2) is 0 Å². The number of rotatable bonds is 6. The number of benzene rings is 2. The van der Waals surface area contributed by atoms with Crippen molar-refractivity contribution in [1.29, 1.82) is 0 Å². The molecule has 2 N–H and O–H groups in total. The van der Waals surface area contributed by atoms with Gasteiger partial charge in [0, 0.05) is 44.2 Å². The third-order valence-corrected chi connectivity index (χ3v) is 6.46. The van der Waals surface area contributed by atoms with Crippen molar-refractivity contribution in [3.8, 4) is 11.1 Å². The molecular weight excluding hydrogens is 476 g/mol. The minimum atomic E-state index is -0.187. The van der Waals surface area contributed by atoms with Crippen LogP contribution < -0.4 is 21.1 Å². The summed E-state index contributed by atoms with van der Waals surface area (Å²) in [6.45, 7) is 8.39. The number of nitrogens with one attached hydrogen (secondary N) is 2. The number of hydrogen-bond acceptors (Lipinski definition) is 6. The second kappa shape index (κ2) is 10.5.